The van der Waals surface area contributed by atoms with E-state index in [0.29, 0.717) is 11.7 Å². The molecule has 0 atom stereocenters. The normalized spacial score (nSPS) is 11.3. The second-order valence-corrected chi connectivity index (χ2v) is 7.74. The number of phenolic OH excluding ortho intramolecular Hbond substituents is 1. The third kappa shape index (κ3) is 6.51. The molecule has 2 N–H and O–H groups in total. The van der Waals surface area contributed by atoms with Crippen LogP contribution in [0.2, 0.25) is 0 Å². The highest BCUT2D eigenvalue weighted by atomic mass is 16.6. The van der Waals surface area contributed by atoms with Crippen LogP contribution >= 0.6 is 0 Å². The number of rotatable bonds is 6. The van der Waals surface area contributed by atoms with E-state index < -0.39 is 11.7 Å². The number of carbonyl (C=O) groups is 1. The number of hydrogen-bond donors (Lipinski definition) is 2. The van der Waals surface area contributed by atoms with Crippen LogP contribution in [0.15, 0.2) is 42.5 Å². The molecule has 0 aromatic heterocycles. The summed E-state index contributed by atoms with van der Waals surface area (Å²) in [6, 6.07) is 13.6. The molecule has 5 heteroatoms. The molecule has 0 bridgehead atoms. The van der Waals surface area contributed by atoms with Gasteiger partial charge in [-0.3, -0.25) is 0 Å². The number of alkyl carbamates (subject to hydrolysis) is 1. The molecular weight excluding hydrogens is 342 g/mol. The van der Waals surface area contributed by atoms with Crippen LogP contribution in [0.3, 0.4) is 0 Å². The number of phenols is 1. The maximum atomic E-state index is 11.6. The van der Waals surface area contributed by atoms with Crippen LogP contribution in [0.25, 0.3) is 11.1 Å². The van der Waals surface area contributed by atoms with E-state index in [-0.39, 0.29) is 18.9 Å². The van der Waals surface area contributed by atoms with Crippen molar-refractivity contribution in [3.05, 3.63) is 48.0 Å². The summed E-state index contributed by atoms with van der Waals surface area (Å²) in [6.45, 7) is 10.2. The molecule has 0 heterocycles. The standard InChI is InChI=1S/C22H29NO4/c1-15(2)16-6-8-17(9-7-16)18-10-11-20(19(24)14-18)26-13-12-23-21(25)27-22(3,4)5/h6-11,14-15,24H,12-13H2,1-5H3,(H,23,25). The van der Waals surface area contributed by atoms with E-state index in [1.807, 2.05) is 6.07 Å². The fourth-order valence-corrected chi connectivity index (χ4v) is 2.51. The summed E-state index contributed by atoms with van der Waals surface area (Å²) >= 11 is 0. The van der Waals surface area contributed by atoms with Gasteiger partial charge in [-0.2, -0.15) is 0 Å². The third-order valence-electron chi connectivity index (χ3n) is 3.90. The van der Waals surface area contributed by atoms with E-state index in [0.717, 1.165) is 11.1 Å². The maximum Gasteiger partial charge on any atom is 0.407 e. The minimum atomic E-state index is -0.535. The number of amides is 1. The molecule has 2 rings (SSSR count). The molecule has 0 aliphatic heterocycles. The second kappa shape index (κ2) is 8.80. The molecule has 27 heavy (non-hydrogen) atoms. The van der Waals surface area contributed by atoms with Crippen LogP contribution in [0, 0.1) is 0 Å². The van der Waals surface area contributed by atoms with Gasteiger partial charge in [-0.1, -0.05) is 44.2 Å². The van der Waals surface area contributed by atoms with Gasteiger partial charge in [0.25, 0.3) is 0 Å². The lowest BCUT2D eigenvalue weighted by Crippen LogP contribution is -2.34. The molecule has 2 aromatic carbocycles. The first-order chi connectivity index (χ1) is 12.7. The lowest BCUT2D eigenvalue weighted by atomic mass is 9.98. The van der Waals surface area contributed by atoms with Crippen molar-refractivity contribution in [3.8, 4) is 22.6 Å². The van der Waals surface area contributed by atoms with E-state index in [1.54, 1.807) is 32.9 Å². The van der Waals surface area contributed by atoms with Gasteiger partial charge in [-0.25, -0.2) is 4.79 Å². The summed E-state index contributed by atoms with van der Waals surface area (Å²) < 4.78 is 10.7. The summed E-state index contributed by atoms with van der Waals surface area (Å²) in [6.07, 6.45) is -0.490. The van der Waals surface area contributed by atoms with Crippen molar-refractivity contribution >= 4 is 6.09 Å². The largest absolute Gasteiger partial charge is 0.504 e. The van der Waals surface area contributed by atoms with Gasteiger partial charge in [0.05, 0.1) is 6.54 Å². The van der Waals surface area contributed by atoms with E-state index in [2.05, 4.69) is 43.4 Å². The van der Waals surface area contributed by atoms with Gasteiger partial charge in [0, 0.05) is 0 Å². The Morgan fingerprint density at radius 3 is 2.26 bits per heavy atom. The number of carbonyl (C=O) groups excluding carboxylic acids is 1. The lowest BCUT2D eigenvalue weighted by Gasteiger charge is -2.19. The Morgan fingerprint density at radius 1 is 1.07 bits per heavy atom. The van der Waals surface area contributed by atoms with Gasteiger partial charge >= 0.3 is 6.09 Å². The van der Waals surface area contributed by atoms with Crippen molar-refractivity contribution < 1.29 is 19.4 Å². The van der Waals surface area contributed by atoms with Crippen LogP contribution in [-0.4, -0.2) is 30.0 Å². The first-order valence-electron chi connectivity index (χ1n) is 9.19. The van der Waals surface area contributed by atoms with E-state index >= 15 is 0 Å². The summed E-state index contributed by atoms with van der Waals surface area (Å²) in [4.78, 5) is 11.6. The summed E-state index contributed by atoms with van der Waals surface area (Å²) in [5, 5.41) is 12.8. The molecule has 0 fully saturated rings. The van der Waals surface area contributed by atoms with Crippen LogP contribution in [0.5, 0.6) is 11.5 Å². The Bertz CT molecular complexity index is 761. The Kier molecular flexibility index (Phi) is 6.72. The third-order valence-corrected chi connectivity index (χ3v) is 3.90. The molecule has 5 nitrogen and oxygen atoms in total. The molecular formula is C22H29NO4. The Balaban J connectivity index is 1.90. The van der Waals surface area contributed by atoms with Crippen LogP contribution in [0.1, 0.15) is 46.1 Å². The molecule has 0 saturated carbocycles. The molecule has 1 amide bonds. The van der Waals surface area contributed by atoms with Crippen LogP contribution in [-0.2, 0) is 4.74 Å². The number of benzene rings is 2. The van der Waals surface area contributed by atoms with Crippen LogP contribution < -0.4 is 10.1 Å². The minimum absolute atomic E-state index is 0.0673. The van der Waals surface area contributed by atoms with Gasteiger partial charge in [0.2, 0.25) is 0 Å². The van der Waals surface area contributed by atoms with Gasteiger partial charge in [-0.15, -0.1) is 0 Å². The van der Waals surface area contributed by atoms with Gasteiger partial charge in [-0.05, 0) is 55.5 Å². The smallest absolute Gasteiger partial charge is 0.407 e. The fourth-order valence-electron chi connectivity index (χ4n) is 2.51. The first-order valence-corrected chi connectivity index (χ1v) is 9.19. The van der Waals surface area contributed by atoms with Crippen molar-refractivity contribution in [3.63, 3.8) is 0 Å². The number of ether oxygens (including phenoxy) is 2. The number of hydrogen-bond acceptors (Lipinski definition) is 4. The molecule has 0 aliphatic carbocycles. The molecule has 0 radical (unpaired) electrons. The van der Waals surface area contributed by atoms with E-state index in [4.69, 9.17) is 9.47 Å². The van der Waals surface area contributed by atoms with Crippen molar-refractivity contribution in [1.82, 2.24) is 5.32 Å². The molecule has 0 unspecified atom stereocenters. The van der Waals surface area contributed by atoms with Crippen molar-refractivity contribution in [2.24, 2.45) is 0 Å². The molecule has 0 aliphatic rings. The average Bonchev–Trinajstić information content (AvgIpc) is 2.58. The lowest BCUT2D eigenvalue weighted by molar-refractivity contribution is 0.0520. The van der Waals surface area contributed by atoms with Crippen molar-refractivity contribution in [2.45, 2.75) is 46.1 Å². The molecule has 2 aromatic rings. The highest BCUT2D eigenvalue weighted by Crippen LogP contribution is 2.32. The van der Waals surface area contributed by atoms with E-state index in [1.165, 1.54) is 5.56 Å². The fraction of sp³-hybridized carbons (Fsp3) is 0.409. The van der Waals surface area contributed by atoms with E-state index in [9.17, 15) is 9.90 Å². The molecule has 0 spiro atoms. The Labute approximate surface area is 161 Å². The molecule has 0 saturated heterocycles. The quantitative estimate of drug-likeness (QED) is 0.694. The summed E-state index contributed by atoms with van der Waals surface area (Å²) in [5.74, 6) is 0.929. The number of aromatic hydroxyl groups is 1. The van der Waals surface area contributed by atoms with Crippen molar-refractivity contribution in [2.75, 3.05) is 13.2 Å². The summed E-state index contributed by atoms with van der Waals surface area (Å²) in [7, 11) is 0. The van der Waals surface area contributed by atoms with Crippen molar-refractivity contribution in [1.29, 1.82) is 0 Å². The topological polar surface area (TPSA) is 67.8 Å². The average molecular weight is 371 g/mol. The first kappa shape index (κ1) is 20.6. The highest BCUT2D eigenvalue weighted by Gasteiger charge is 2.15. The Hall–Kier alpha value is -2.69. The zero-order chi connectivity index (χ0) is 20.0. The predicted octanol–water partition coefficient (Wildman–Crippen LogP) is 5.09. The monoisotopic (exact) mass is 371 g/mol. The summed E-state index contributed by atoms with van der Waals surface area (Å²) in [5.41, 5.74) is 2.70. The predicted molar refractivity (Wildman–Crippen MR) is 107 cm³/mol. The zero-order valence-corrected chi connectivity index (χ0v) is 16.7. The molecule has 146 valence electrons. The second-order valence-electron chi connectivity index (χ2n) is 7.74. The minimum Gasteiger partial charge on any atom is -0.504 e. The highest BCUT2D eigenvalue weighted by molar-refractivity contribution is 5.68. The number of nitrogens with one attached hydrogen (secondary N) is 1. The zero-order valence-electron chi connectivity index (χ0n) is 16.7. The van der Waals surface area contributed by atoms with Gasteiger partial charge in [0.1, 0.15) is 12.2 Å². The van der Waals surface area contributed by atoms with Gasteiger partial charge in [0.15, 0.2) is 11.5 Å². The van der Waals surface area contributed by atoms with Crippen LogP contribution in [0.4, 0.5) is 4.79 Å². The van der Waals surface area contributed by atoms with Gasteiger partial charge < -0.3 is 19.9 Å². The SMILES string of the molecule is CC(C)c1ccc(-c2ccc(OCCNC(=O)OC(C)(C)C)c(O)c2)cc1. The Morgan fingerprint density at radius 2 is 1.70 bits per heavy atom. The maximum absolute atomic E-state index is 11.6.